The van der Waals surface area contributed by atoms with Crippen molar-refractivity contribution in [3.63, 3.8) is 0 Å². The summed E-state index contributed by atoms with van der Waals surface area (Å²) in [6.45, 7) is 4.67. The number of hydrogen-bond acceptors (Lipinski definition) is 4. The molecule has 150 valence electrons. The molecule has 2 amide bonds. The Morgan fingerprint density at radius 2 is 1.86 bits per heavy atom. The Bertz CT molecular complexity index is 825. The Hall–Kier alpha value is -2.73. The van der Waals surface area contributed by atoms with Crippen molar-refractivity contribution in [3.05, 3.63) is 58.6 Å². The molecule has 0 bridgehead atoms. The standard InChI is InChI=1S/C21H25ClN2O4/c1-13(2)9-10-28-19-16(22)11-15(12-17(19)27-3)21(26)24-18(20(23)25)14-7-5-4-6-8-14/h4-8,11-13,18H,9-10H2,1-3H3,(H2,23,25)(H,24,26)/t18-/m1/s1. The Balaban J connectivity index is 2.22. The molecule has 7 heteroatoms. The Labute approximate surface area is 170 Å². The molecule has 0 saturated carbocycles. The number of carbonyl (C=O) groups is 2. The third kappa shape index (κ3) is 5.63. The van der Waals surface area contributed by atoms with E-state index in [4.69, 9.17) is 26.8 Å². The molecule has 3 N–H and O–H groups in total. The highest BCUT2D eigenvalue weighted by Crippen LogP contribution is 2.36. The fraction of sp³-hybridized carbons (Fsp3) is 0.333. The quantitative estimate of drug-likeness (QED) is 0.666. The van der Waals surface area contributed by atoms with Crippen LogP contribution in [0.15, 0.2) is 42.5 Å². The lowest BCUT2D eigenvalue weighted by atomic mass is 10.1. The number of ether oxygens (including phenoxy) is 2. The Morgan fingerprint density at radius 1 is 1.18 bits per heavy atom. The Kier molecular flexibility index (Phi) is 7.70. The summed E-state index contributed by atoms with van der Waals surface area (Å²) in [4.78, 5) is 24.5. The van der Waals surface area contributed by atoms with Crippen LogP contribution in [0.25, 0.3) is 0 Å². The summed E-state index contributed by atoms with van der Waals surface area (Å²) in [6.07, 6.45) is 0.860. The zero-order valence-corrected chi connectivity index (χ0v) is 17.0. The molecule has 0 aliphatic rings. The number of nitrogens with one attached hydrogen (secondary N) is 1. The highest BCUT2D eigenvalue weighted by Gasteiger charge is 2.22. The largest absolute Gasteiger partial charge is 0.493 e. The molecule has 0 unspecified atom stereocenters. The van der Waals surface area contributed by atoms with Crippen molar-refractivity contribution in [1.29, 1.82) is 0 Å². The minimum absolute atomic E-state index is 0.236. The van der Waals surface area contributed by atoms with E-state index in [9.17, 15) is 9.59 Å². The summed E-state index contributed by atoms with van der Waals surface area (Å²) >= 11 is 6.31. The fourth-order valence-electron chi connectivity index (χ4n) is 2.57. The highest BCUT2D eigenvalue weighted by molar-refractivity contribution is 6.32. The lowest BCUT2D eigenvalue weighted by molar-refractivity contribution is -0.120. The van der Waals surface area contributed by atoms with Crippen LogP contribution < -0.4 is 20.5 Å². The topological polar surface area (TPSA) is 90.6 Å². The van der Waals surface area contributed by atoms with Gasteiger partial charge in [0.2, 0.25) is 5.91 Å². The monoisotopic (exact) mass is 404 g/mol. The molecule has 0 aromatic heterocycles. The van der Waals surface area contributed by atoms with Gasteiger partial charge >= 0.3 is 0 Å². The number of carbonyl (C=O) groups excluding carboxylic acids is 2. The molecule has 6 nitrogen and oxygen atoms in total. The van der Waals surface area contributed by atoms with Gasteiger partial charge in [-0.05, 0) is 30.0 Å². The van der Waals surface area contributed by atoms with E-state index in [0.717, 1.165) is 6.42 Å². The lowest BCUT2D eigenvalue weighted by Gasteiger charge is -2.18. The van der Waals surface area contributed by atoms with Crippen molar-refractivity contribution in [2.45, 2.75) is 26.3 Å². The maximum atomic E-state index is 12.7. The number of benzene rings is 2. The summed E-state index contributed by atoms with van der Waals surface area (Å²) in [5, 5.41) is 2.89. The Morgan fingerprint density at radius 3 is 2.43 bits per heavy atom. The molecule has 2 aromatic carbocycles. The maximum Gasteiger partial charge on any atom is 0.252 e. The first-order valence-corrected chi connectivity index (χ1v) is 9.36. The summed E-state index contributed by atoms with van der Waals surface area (Å²) in [7, 11) is 1.47. The lowest BCUT2D eigenvalue weighted by Crippen LogP contribution is -2.37. The predicted molar refractivity (Wildman–Crippen MR) is 109 cm³/mol. The van der Waals surface area contributed by atoms with Gasteiger partial charge in [0.15, 0.2) is 11.5 Å². The number of amides is 2. The first-order valence-electron chi connectivity index (χ1n) is 8.99. The van der Waals surface area contributed by atoms with Crippen molar-refractivity contribution in [3.8, 4) is 11.5 Å². The molecule has 0 aliphatic carbocycles. The van der Waals surface area contributed by atoms with E-state index in [0.29, 0.717) is 29.6 Å². The van der Waals surface area contributed by atoms with Crippen molar-refractivity contribution in [1.82, 2.24) is 5.32 Å². The number of primary amides is 1. The van der Waals surface area contributed by atoms with Gasteiger partial charge in [-0.15, -0.1) is 0 Å². The second-order valence-electron chi connectivity index (χ2n) is 6.74. The predicted octanol–water partition coefficient (Wildman–Crippen LogP) is 3.73. The van der Waals surface area contributed by atoms with E-state index in [1.807, 2.05) is 6.07 Å². The third-order valence-corrected chi connectivity index (χ3v) is 4.41. The summed E-state index contributed by atoms with van der Waals surface area (Å²) in [5.74, 6) is 0.0546. The van der Waals surface area contributed by atoms with Gasteiger partial charge in [0.25, 0.3) is 5.91 Å². The van der Waals surface area contributed by atoms with E-state index >= 15 is 0 Å². The van der Waals surface area contributed by atoms with Crippen molar-refractivity contribution >= 4 is 23.4 Å². The van der Waals surface area contributed by atoms with Gasteiger partial charge in [-0.2, -0.15) is 0 Å². The van der Waals surface area contributed by atoms with Crippen LogP contribution in [-0.4, -0.2) is 25.5 Å². The van der Waals surface area contributed by atoms with Crippen LogP contribution >= 0.6 is 11.6 Å². The molecular weight excluding hydrogens is 380 g/mol. The van der Waals surface area contributed by atoms with Gasteiger partial charge in [0.1, 0.15) is 6.04 Å². The molecule has 0 heterocycles. The molecule has 0 spiro atoms. The number of hydrogen-bond donors (Lipinski definition) is 2. The van der Waals surface area contributed by atoms with E-state index in [2.05, 4.69) is 19.2 Å². The number of nitrogens with two attached hydrogens (primary N) is 1. The first kappa shape index (κ1) is 21.6. The SMILES string of the molecule is COc1cc(C(=O)N[C@@H](C(N)=O)c2ccccc2)cc(Cl)c1OCCC(C)C. The summed E-state index contributed by atoms with van der Waals surface area (Å²) in [6, 6.07) is 10.8. The minimum Gasteiger partial charge on any atom is -0.493 e. The molecular formula is C21H25ClN2O4. The van der Waals surface area contributed by atoms with E-state index < -0.39 is 17.9 Å². The van der Waals surface area contributed by atoms with Gasteiger partial charge in [0.05, 0.1) is 18.7 Å². The van der Waals surface area contributed by atoms with Crippen LogP contribution in [0, 0.1) is 5.92 Å². The van der Waals surface area contributed by atoms with Crippen LogP contribution in [0.3, 0.4) is 0 Å². The van der Waals surface area contributed by atoms with E-state index in [-0.39, 0.29) is 10.6 Å². The zero-order valence-electron chi connectivity index (χ0n) is 16.2. The van der Waals surface area contributed by atoms with Gasteiger partial charge in [-0.25, -0.2) is 0 Å². The van der Waals surface area contributed by atoms with Crippen LogP contribution in [-0.2, 0) is 4.79 Å². The average Bonchev–Trinajstić information content (AvgIpc) is 2.66. The van der Waals surface area contributed by atoms with Crippen molar-refractivity contribution in [2.75, 3.05) is 13.7 Å². The molecule has 28 heavy (non-hydrogen) atoms. The molecule has 2 aromatic rings. The fourth-order valence-corrected chi connectivity index (χ4v) is 2.83. The number of rotatable bonds is 9. The van der Waals surface area contributed by atoms with Crippen LogP contribution in [0.4, 0.5) is 0 Å². The zero-order chi connectivity index (χ0) is 20.7. The van der Waals surface area contributed by atoms with Crippen molar-refractivity contribution in [2.24, 2.45) is 11.7 Å². The van der Waals surface area contributed by atoms with Crippen LogP contribution in [0.2, 0.25) is 5.02 Å². The summed E-state index contributed by atoms with van der Waals surface area (Å²) < 4.78 is 11.1. The van der Waals surface area contributed by atoms with Gasteiger partial charge in [-0.1, -0.05) is 55.8 Å². The molecule has 1 atom stereocenters. The third-order valence-electron chi connectivity index (χ3n) is 4.13. The smallest absolute Gasteiger partial charge is 0.252 e. The summed E-state index contributed by atoms with van der Waals surface area (Å²) in [5.41, 5.74) is 6.29. The van der Waals surface area contributed by atoms with Gasteiger partial charge in [-0.3, -0.25) is 9.59 Å². The van der Waals surface area contributed by atoms with Crippen LogP contribution in [0.1, 0.15) is 42.2 Å². The number of halogens is 1. The second-order valence-corrected chi connectivity index (χ2v) is 7.15. The molecule has 0 fully saturated rings. The average molecular weight is 405 g/mol. The maximum absolute atomic E-state index is 12.7. The first-order chi connectivity index (χ1) is 13.3. The molecule has 0 aliphatic heterocycles. The molecule has 2 rings (SSSR count). The van der Waals surface area contributed by atoms with E-state index in [1.54, 1.807) is 24.3 Å². The van der Waals surface area contributed by atoms with Gasteiger partial charge in [0, 0.05) is 5.56 Å². The highest BCUT2D eigenvalue weighted by atomic mass is 35.5. The second kappa shape index (κ2) is 9.99. The number of methoxy groups -OCH3 is 1. The van der Waals surface area contributed by atoms with Crippen molar-refractivity contribution < 1.29 is 19.1 Å². The molecule has 0 radical (unpaired) electrons. The normalized spacial score (nSPS) is 11.8. The van der Waals surface area contributed by atoms with E-state index in [1.165, 1.54) is 19.2 Å². The van der Waals surface area contributed by atoms with Crippen LogP contribution in [0.5, 0.6) is 11.5 Å². The van der Waals surface area contributed by atoms with Gasteiger partial charge < -0.3 is 20.5 Å². The molecule has 0 saturated heterocycles. The minimum atomic E-state index is -0.958.